The quantitative estimate of drug-likeness (QED) is 0.416. The standard InChI is InChI=1S/C27H23ClF3NO4/c1-26(13-17-4-9-22(28)10-5-17)14-20-12-19(6-11-23(20)36-26)25(35)32(16-24(33)34)15-18-2-7-21(8-3-18)27(29,30)31/h2-12H,13-16H2,1H3,(H,33,34)/t26-/m1/s1. The van der Waals surface area contributed by atoms with E-state index in [0.29, 0.717) is 29.2 Å². The van der Waals surface area contributed by atoms with Crippen molar-refractivity contribution in [1.29, 1.82) is 0 Å². The lowest BCUT2D eigenvalue weighted by atomic mass is 9.91. The van der Waals surface area contributed by atoms with Gasteiger partial charge in [0.25, 0.3) is 5.91 Å². The number of carboxylic acid groups (broad SMARTS) is 1. The third-order valence-corrected chi connectivity index (χ3v) is 6.24. The number of benzene rings is 3. The third kappa shape index (κ3) is 5.99. The van der Waals surface area contributed by atoms with E-state index in [2.05, 4.69) is 0 Å². The Morgan fingerprint density at radius 1 is 1.03 bits per heavy atom. The Morgan fingerprint density at radius 3 is 2.28 bits per heavy atom. The van der Waals surface area contributed by atoms with Crippen LogP contribution in [0, 0.1) is 0 Å². The van der Waals surface area contributed by atoms with Gasteiger partial charge < -0.3 is 14.7 Å². The van der Waals surface area contributed by atoms with Crippen LogP contribution in [0.25, 0.3) is 0 Å². The second-order valence-corrected chi connectivity index (χ2v) is 9.54. The van der Waals surface area contributed by atoms with E-state index in [-0.39, 0.29) is 12.1 Å². The zero-order chi connectivity index (χ0) is 26.1. The number of alkyl halides is 3. The van der Waals surface area contributed by atoms with Gasteiger partial charge in [0.1, 0.15) is 17.9 Å². The molecule has 0 aliphatic carbocycles. The maximum atomic E-state index is 13.2. The molecule has 5 nitrogen and oxygen atoms in total. The number of rotatable bonds is 7. The van der Waals surface area contributed by atoms with E-state index in [1.165, 1.54) is 12.1 Å². The molecule has 1 aliphatic heterocycles. The van der Waals surface area contributed by atoms with Crippen molar-refractivity contribution in [3.05, 3.63) is 99.6 Å². The molecule has 0 radical (unpaired) electrons. The van der Waals surface area contributed by atoms with Crippen LogP contribution in [-0.4, -0.2) is 34.0 Å². The number of amides is 1. The van der Waals surface area contributed by atoms with Crippen LogP contribution in [-0.2, 0) is 30.4 Å². The molecule has 0 unspecified atom stereocenters. The maximum Gasteiger partial charge on any atom is 0.416 e. The summed E-state index contributed by atoms with van der Waals surface area (Å²) in [6.45, 7) is 1.23. The average Bonchev–Trinajstić information content (AvgIpc) is 3.14. The Kier molecular flexibility index (Phi) is 7.00. The first-order valence-electron chi connectivity index (χ1n) is 11.2. The highest BCUT2D eigenvalue weighted by molar-refractivity contribution is 6.30. The SMILES string of the molecule is C[C@@]1(Cc2ccc(Cl)cc2)Cc2cc(C(=O)N(CC(=O)O)Cc3ccc(C(F)(F)F)cc3)ccc2O1. The Hall–Kier alpha value is -3.52. The predicted octanol–water partition coefficient (Wildman–Crippen LogP) is 6.02. The first-order chi connectivity index (χ1) is 16.9. The zero-order valence-electron chi connectivity index (χ0n) is 19.3. The van der Waals surface area contributed by atoms with Crippen molar-refractivity contribution in [2.75, 3.05) is 6.54 Å². The number of carbonyl (C=O) groups excluding carboxylic acids is 1. The number of halogens is 4. The van der Waals surface area contributed by atoms with Crippen LogP contribution in [0.4, 0.5) is 13.2 Å². The molecule has 3 aromatic rings. The van der Waals surface area contributed by atoms with Gasteiger partial charge in [-0.05, 0) is 66.1 Å². The number of hydrogen-bond acceptors (Lipinski definition) is 3. The third-order valence-electron chi connectivity index (χ3n) is 5.99. The van der Waals surface area contributed by atoms with Crippen molar-refractivity contribution < 1.29 is 32.6 Å². The van der Waals surface area contributed by atoms with Crippen LogP contribution in [0.2, 0.25) is 5.02 Å². The minimum absolute atomic E-state index is 0.148. The summed E-state index contributed by atoms with van der Waals surface area (Å²) >= 11 is 5.97. The molecule has 4 rings (SSSR count). The summed E-state index contributed by atoms with van der Waals surface area (Å²) in [5.74, 6) is -1.11. The molecule has 1 N–H and O–H groups in total. The summed E-state index contributed by atoms with van der Waals surface area (Å²) in [5.41, 5.74) is 1.19. The van der Waals surface area contributed by atoms with Crippen LogP contribution in [0.3, 0.4) is 0 Å². The molecule has 1 amide bonds. The van der Waals surface area contributed by atoms with Crippen molar-refractivity contribution in [2.45, 2.75) is 38.1 Å². The van der Waals surface area contributed by atoms with Crippen LogP contribution >= 0.6 is 11.6 Å². The van der Waals surface area contributed by atoms with Crippen molar-refractivity contribution in [1.82, 2.24) is 4.90 Å². The molecule has 0 aromatic heterocycles. The van der Waals surface area contributed by atoms with E-state index in [1.54, 1.807) is 18.2 Å². The number of hydrogen-bond donors (Lipinski definition) is 1. The van der Waals surface area contributed by atoms with Crippen LogP contribution in [0.15, 0.2) is 66.7 Å². The smallest absolute Gasteiger partial charge is 0.416 e. The van der Waals surface area contributed by atoms with Crippen LogP contribution in [0.1, 0.15) is 39.5 Å². The lowest BCUT2D eigenvalue weighted by Gasteiger charge is -2.24. The largest absolute Gasteiger partial charge is 0.487 e. The summed E-state index contributed by atoms with van der Waals surface area (Å²) < 4.78 is 44.7. The molecule has 0 spiro atoms. The molecule has 3 aromatic carbocycles. The van der Waals surface area contributed by atoms with Gasteiger partial charge in [-0.25, -0.2) is 0 Å². The molecule has 36 heavy (non-hydrogen) atoms. The Bertz CT molecular complexity index is 1280. The molecule has 0 fully saturated rings. The van der Waals surface area contributed by atoms with Crippen molar-refractivity contribution in [3.63, 3.8) is 0 Å². The second kappa shape index (κ2) is 9.85. The van der Waals surface area contributed by atoms with Crippen molar-refractivity contribution in [3.8, 4) is 5.75 Å². The van der Waals surface area contributed by atoms with Gasteiger partial charge in [-0.1, -0.05) is 35.9 Å². The minimum Gasteiger partial charge on any atom is -0.487 e. The van der Waals surface area contributed by atoms with Gasteiger partial charge in [0.05, 0.1) is 5.56 Å². The van der Waals surface area contributed by atoms with Gasteiger partial charge >= 0.3 is 12.1 Å². The molecule has 0 saturated heterocycles. The lowest BCUT2D eigenvalue weighted by Crippen LogP contribution is -2.35. The van der Waals surface area contributed by atoms with E-state index in [0.717, 1.165) is 28.2 Å². The Morgan fingerprint density at radius 2 is 1.67 bits per heavy atom. The highest BCUT2D eigenvalue weighted by atomic mass is 35.5. The topological polar surface area (TPSA) is 66.8 Å². The fourth-order valence-electron chi connectivity index (χ4n) is 4.35. The van der Waals surface area contributed by atoms with E-state index < -0.39 is 35.8 Å². The summed E-state index contributed by atoms with van der Waals surface area (Å²) in [6.07, 6.45) is -3.31. The van der Waals surface area contributed by atoms with Gasteiger partial charge in [0.2, 0.25) is 0 Å². The Labute approximate surface area is 211 Å². The predicted molar refractivity (Wildman–Crippen MR) is 128 cm³/mol. The lowest BCUT2D eigenvalue weighted by molar-refractivity contribution is -0.138. The maximum absolute atomic E-state index is 13.2. The summed E-state index contributed by atoms with van der Waals surface area (Å²) in [5, 5.41) is 9.96. The highest BCUT2D eigenvalue weighted by Gasteiger charge is 2.36. The van der Waals surface area contributed by atoms with Gasteiger partial charge in [0.15, 0.2) is 0 Å². The number of carboxylic acids is 1. The zero-order valence-corrected chi connectivity index (χ0v) is 20.1. The second-order valence-electron chi connectivity index (χ2n) is 9.10. The fourth-order valence-corrected chi connectivity index (χ4v) is 4.48. The molecule has 0 saturated carbocycles. The number of carbonyl (C=O) groups is 2. The molecule has 1 heterocycles. The van der Waals surface area contributed by atoms with Gasteiger partial charge in [-0.3, -0.25) is 9.59 Å². The summed E-state index contributed by atoms with van der Waals surface area (Å²) in [6, 6.07) is 16.7. The van der Waals surface area contributed by atoms with E-state index in [9.17, 15) is 27.9 Å². The van der Waals surface area contributed by atoms with E-state index >= 15 is 0 Å². The van der Waals surface area contributed by atoms with E-state index in [1.807, 2.05) is 31.2 Å². The van der Waals surface area contributed by atoms with E-state index in [4.69, 9.17) is 16.3 Å². The molecular formula is C27H23ClF3NO4. The number of aliphatic carboxylic acids is 1. The average molecular weight is 518 g/mol. The number of nitrogens with zero attached hydrogens (tertiary/aromatic N) is 1. The van der Waals surface area contributed by atoms with Gasteiger partial charge in [-0.15, -0.1) is 0 Å². The molecule has 1 atom stereocenters. The molecule has 1 aliphatic rings. The summed E-state index contributed by atoms with van der Waals surface area (Å²) in [4.78, 5) is 25.7. The summed E-state index contributed by atoms with van der Waals surface area (Å²) in [7, 11) is 0. The Balaban J connectivity index is 1.51. The fraction of sp³-hybridized carbons (Fsp3) is 0.259. The van der Waals surface area contributed by atoms with Gasteiger partial charge in [0, 0.05) is 30.0 Å². The monoisotopic (exact) mass is 517 g/mol. The van der Waals surface area contributed by atoms with Crippen molar-refractivity contribution in [2.24, 2.45) is 0 Å². The number of fused-ring (bicyclic) bond motifs is 1. The molecule has 9 heteroatoms. The van der Waals surface area contributed by atoms with Crippen LogP contribution in [0.5, 0.6) is 5.75 Å². The molecular weight excluding hydrogens is 495 g/mol. The minimum atomic E-state index is -4.48. The van der Waals surface area contributed by atoms with Crippen LogP contribution < -0.4 is 4.74 Å². The van der Waals surface area contributed by atoms with Gasteiger partial charge in [-0.2, -0.15) is 13.2 Å². The normalized spacial score (nSPS) is 16.8. The first-order valence-corrected chi connectivity index (χ1v) is 11.5. The molecule has 188 valence electrons. The number of ether oxygens (including phenoxy) is 1. The highest BCUT2D eigenvalue weighted by Crippen LogP contribution is 2.38. The van der Waals surface area contributed by atoms with Crippen molar-refractivity contribution >= 4 is 23.5 Å². The first kappa shape index (κ1) is 25.6. The molecule has 0 bridgehead atoms.